The van der Waals surface area contributed by atoms with Crippen molar-refractivity contribution in [1.29, 1.82) is 0 Å². The predicted molar refractivity (Wildman–Crippen MR) is 81.8 cm³/mol. The summed E-state index contributed by atoms with van der Waals surface area (Å²) >= 11 is 6.09. The van der Waals surface area contributed by atoms with Crippen LogP contribution in [0.4, 0.5) is 0 Å². The first-order chi connectivity index (χ1) is 10.2. The summed E-state index contributed by atoms with van der Waals surface area (Å²) in [7, 11) is 0. The van der Waals surface area contributed by atoms with Gasteiger partial charge in [-0.15, -0.1) is 0 Å². The number of piperazine rings is 1. The Morgan fingerprint density at radius 3 is 2.57 bits per heavy atom. The standard InChI is InChI=1S/C15H21ClN4O/c16-11-7-14(20(8-11)12-1-2-12)15(21)19-9-13(10-19)18-5-3-17-4-6-18/h7-8,12-13,17H,1-6,9-10H2. The van der Waals surface area contributed by atoms with E-state index in [4.69, 9.17) is 11.6 Å². The molecule has 0 radical (unpaired) electrons. The van der Waals surface area contributed by atoms with Gasteiger partial charge >= 0.3 is 0 Å². The summed E-state index contributed by atoms with van der Waals surface area (Å²) in [5.74, 6) is 0.139. The van der Waals surface area contributed by atoms with E-state index in [1.807, 2.05) is 17.2 Å². The SMILES string of the molecule is O=C(c1cc(Cl)cn1C1CC1)N1CC(N2CCNCC2)C1. The molecule has 1 amide bonds. The molecule has 1 aliphatic carbocycles. The van der Waals surface area contributed by atoms with Gasteiger partial charge in [0.25, 0.3) is 5.91 Å². The molecule has 0 aromatic carbocycles. The van der Waals surface area contributed by atoms with Gasteiger partial charge in [-0.1, -0.05) is 11.6 Å². The van der Waals surface area contributed by atoms with E-state index in [9.17, 15) is 4.79 Å². The molecule has 3 heterocycles. The van der Waals surface area contributed by atoms with Gasteiger partial charge in [0.2, 0.25) is 0 Å². The molecular weight excluding hydrogens is 288 g/mol. The van der Waals surface area contributed by atoms with Crippen LogP contribution in [0.5, 0.6) is 0 Å². The fourth-order valence-electron chi connectivity index (χ4n) is 3.33. The van der Waals surface area contributed by atoms with Gasteiger partial charge in [0.1, 0.15) is 5.69 Å². The molecule has 5 nitrogen and oxygen atoms in total. The van der Waals surface area contributed by atoms with Crippen molar-refractivity contribution in [3.8, 4) is 0 Å². The van der Waals surface area contributed by atoms with Crippen LogP contribution in [0.15, 0.2) is 12.3 Å². The number of rotatable bonds is 3. The number of aromatic nitrogens is 1. The normalized spacial score (nSPS) is 24.1. The minimum absolute atomic E-state index is 0.139. The molecule has 0 atom stereocenters. The van der Waals surface area contributed by atoms with E-state index in [0.717, 1.165) is 57.8 Å². The van der Waals surface area contributed by atoms with Crippen LogP contribution in [0, 0.1) is 0 Å². The number of hydrogen-bond donors (Lipinski definition) is 1. The third-order valence-corrected chi connectivity index (χ3v) is 5.00. The number of amides is 1. The molecule has 21 heavy (non-hydrogen) atoms. The zero-order chi connectivity index (χ0) is 14.4. The van der Waals surface area contributed by atoms with Gasteiger partial charge in [-0.3, -0.25) is 9.69 Å². The summed E-state index contributed by atoms with van der Waals surface area (Å²) in [6, 6.07) is 2.85. The van der Waals surface area contributed by atoms with Crippen molar-refractivity contribution in [3.63, 3.8) is 0 Å². The molecule has 0 bridgehead atoms. The van der Waals surface area contributed by atoms with E-state index in [1.54, 1.807) is 0 Å². The average Bonchev–Trinajstić information content (AvgIpc) is 3.21. The van der Waals surface area contributed by atoms with Gasteiger partial charge < -0.3 is 14.8 Å². The molecule has 2 aliphatic heterocycles. The minimum atomic E-state index is 0.139. The molecule has 1 saturated carbocycles. The largest absolute Gasteiger partial charge is 0.339 e. The van der Waals surface area contributed by atoms with Gasteiger partial charge in [0.05, 0.1) is 5.02 Å². The maximum atomic E-state index is 12.6. The van der Waals surface area contributed by atoms with Gasteiger partial charge in [0, 0.05) is 57.5 Å². The lowest BCUT2D eigenvalue weighted by Crippen LogP contribution is -2.64. The molecule has 6 heteroatoms. The summed E-state index contributed by atoms with van der Waals surface area (Å²) in [5, 5.41) is 4.04. The van der Waals surface area contributed by atoms with Gasteiger partial charge in [-0.05, 0) is 18.9 Å². The van der Waals surface area contributed by atoms with Crippen molar-refractivity contribution in [2.45, 2.75) is 24.9 Å². The molecule has 0 unspecified atom stereocenters. The lowest BCUT2D eigenvalue weighted by molar-refractivity contribution is 0.0219. The molecule has 114 valence electrons. The third-order valence-electron chi connectivity index (χ3n) is 4.79. The predicted octanol–water partition coefficient (Wildman–Crippen LogP) is 1.21. The quantitative estimate of drug-likeness (QED) is 0.912. The van der Waals surface area contributed by atoms with Crippen LogP contribution in [-0.2, 0) is 0 Å². The number of halogens is 1. The summed E-state index contributed by atoms with van der Waals surface area (Å²) in [6.07, 6.45) is 4.23. The van der Waals surface area contributed by atoms with Crippen LogP contribution in [0.25, 0.3) is 0 Å². The minimum Gasteiger partial charge on any atom is -0.339 e. The second-order valence-corrected chi connectivity index (χ2v) is 6.77. The number of carbonyl (C=O) groups is 1. The Labute approximate surface area is 129 Å². The number of nitrogens with zero attached hydrogens (tertiary/aromatic N) is 3. The van der Waals surface area contributed by atoms with Crippen molar-refractivity contribution < 1.29 is 4.79 Å². The number of hydrogen-bond acceptors (Lipinski definition) is 3. The molecule has 2 saturated heterocycles. The Kier molecular flexibility index (Phi) is 3.44. The van der Waals surface area contributed by atoms with E-state index in [1.165, 1.54) is 0 Å². The van der Waals surface area contributed by atoms with Crippen LogP contribution < -0.4 is 5.32 Å². The fraction of sp³-hybridized carbons (Fsp3) is 0.667. The number of nitrogens with one attached hydrogen (secondary N) is 1. The van der Waals surface area contributed by atoms with Crippen LogP contribution in [-0.4, -0.2) is 65.6 Å². The molecule has 1 aromatic heterocycles. The van der Waals surface area contributed by atoms with Crippen molar-refractivity contribution in [2.75, 3.05) is 39.3 Å². The first-order valence-corrected chi connectivity index (χ1v) is 8.21. The molecule has 0 spiro atoms. The molecule has 1 aromatic rings. The number of likely N-dealkylation sites (tertiary alicyclic amines) is 1. The van der Waals surface area contributed by atoms with E-state index in [-0.39, 0.29) is 5.91 Å². The highest BCUT2D eigenvalue weighted by atomic mass is 35.5. The molecule has 3 aliphatic rings. The van der Waals surface area contributed by atoms with Crippen LogP contribution in [0.2, 0.25) is 5.02 Å². The van der Waals surface area contributed by atoms with Gasteiger partial charge in [-0.25, -0.2) is 0 Å². The Balaban J connectivity index is 1.40. The second kappa shape index (κ2) is 5.30. The zero-order valence-corrected chi connectivity index (χ0v) is 12.9. The lowest BCUT2D eigenvalue weighted by Gasteiger charge is -2.46. The third kappa shape index (κ3) is 2.58. The molecule has 1 N–H and O–H groups in total. The maximum absolute atomic E-state index is 12.6. The monoisotopic (exact) mass is 308 g/mol. The summed E-state index contributed by atoms with van der Waals surface area (Å²) < 4.78 is 2.07. The van der Waals surface area contributed by atoms with Crippen LogP contribution in [0.3, 0.4) is 0 Å². The van der Waals surface area contributed by atoms with Crippen molar-refractivity contribution >= 4 is 17.5 Å². The van der Waals surface area contributed by atoms with E-state index < -0.39 is 0 Å². The van der Waals surface area contributed by atoms with E-state index >= 15 is 0 Å². The smallest absolute Gasteiger partial charge is 0.270 e. The topological polar surface area (TPSA) is 40.5 Å². The van der Waals surface area contributed by atoms with Crippen molar-refractivity contribution in [1.82, 2.24) is 19.7 Å². The lowest BCUT2D eigenvalue weighted by atomic mass is 10.1. The Morgan fingerprint density at radius 1 is 1.19 bits per heavy atom. The van der Waals surface area contributed by atoms with Crippen molar-refractivity contribution in [3.05, 3.63) is 23.0 Å². The number of carbonyl (C=O) groups excluding carboxylic acids is 1. The fourth-order valence-corrected chi connectivity index (χ4v) is 3.54. The first-order valence-electron chi connectivity index (χ1n) is 7.84. The second-order valence-electron chi connectivity index (χ2n) is 6.33. The average molecular weight is 309 g/mol. The summed E-state index contributed by atoms with van der Waals surface area (Å²) in [6.45, 7) is 6.02. The Morgan fingerprint density at radius 2 is 1.90 bits per heavy atom. The maximum Gasteiger partial charge on any atom is 0.270 e. The zero-order valence-electron chi connectivity index (χ0n) is 12.1. The highest BCUT2D eigenvalue weighted by molar-refractivity contribution is 6.31. The van der Waals surface area contributed by atoms with Crippen LogP contribution >= 0.6 is 11.6 Å². The molecule has 3 fully saturated rings. The Bertz CT molecular complexity index is 542. The highest BCUT2D eigenvalue weighted by Gasteiger charge is 2.37. The van der Waals surface area contributed by atoms with Crippen molar-refractivity contribution in [2.24, 2.45) is 0 Å². The highest BCUT2D eigenvalue weighted by Crippen LogP contribution is 2.38. The molecular formula is C15H21ClN4O. The van der Waals surface area contributed by atoms with Crippen LogP contribution in [0.1, 0.15) is 29.4 Å². The Hall–Kier alpha value is -1.04. The first kappa shape index (κ1) is 13.6. The molecule has 4 rings (SSSR count). The van der Waals surface area contributed by atoms with Gasteiger partial charge in [-0.2, -0.15) is 0 Å². The summed E-state index contributed by atoms with van der Waals surface area (Å²) in [5.41, 5.74) is 0.765. The van der Waals surface area contributed by atoms with E-state index in [2.05, 4.69) is 14.8 Å². The van der Waals surface area contributed by atoms with Gasteiger partial charge in [0.15, 0.2) is 0 Å². The van der Waals surface area contributed by atoms with E-state index in [0.29, 0.717) is 17.1 Å². The summed E-state index contributed by atoms with van der Waals surface area (Å²) in [4.78, 5) is 17.1.